The molecule has 7 heterocycles. The van der Waals surface area contributed by atoms with E-state index in [2.05, 4.69) is 42.2 Å². The summed E-state index contributed by atoms with van der Waals surface area (Å²) < 4.78 is 64.0. The first-order chi connectivity index (χ1) is 21.8. The predicted octanol–water partition coefficient (Wildman–Crippen LogP) is 0.0626. The maximum atomic E-state index is 13.5. The second kappa shape index (κ2) is 10.4. The molecule has 10 atom stereocenters. The number of phosphoric ester groups is 1. The highest BCUT2D eigenvalue weighted by Crippen LogP contribution is 2.67. The third-order valence-electron chi connectivity index (χ3n) is 8.20. The minimum Gasteiger partial charge on any atom is -0.387 e. The number of nitrogens with one attached hydrogen (secondary N) is 1. The Kier molecular flexibility index (Phi) is 6.91. The Balaban J connectivity index is 1.12. The van der Waals surface area contributed by atoms with Crippen molar-refractivity contribution < 1.29 is 46.7 Å². The van der Waals surface area contributed by atoms with E-state index in [0.717, 1.165) is 6.33 Å². The van der Waals surface area contributed by atoms with Gasteiger partial charge in [-0.3, -0.25) is 37.0 Å². The summed E-state index contributed by atoms with van der Waals surface area (Å²) in [6, 6.07) is 0. The lowest BCUT2D eigenvalue weighted by atomic mass is 10.1. The number of rotatable bonds is 2. The highest BCUT2D eigenvalue weighted by molar-refractivity contribution is 8.44. The molecule has 7 N–H and O–H groups in total. The van der Waals surface area contributed by atoms with Gasteiger partial charge in [-0.05, 0) is 11.6 Å². The number of nitrogens with zero attached hydrogens (tertiary/aromatic N) is 7. The lowest BCUT2D eigenvalue weighted by Crippen LogP contribution is -2.35. The summed E-state index contributed by atoms with van der Waals surface area (Å²) in [6.45, 7) is -5.38. The van der Waals surface area contributed by atoms with Gasteiger partial charge in [-0.15, -0.1) is 0 Å². The van der Waals surface area contributed by atoms with Crippen LogP contribution in [0.2, 0.25) is 5.28 Å². The van der Waals surface area contributed by atoms with Crippen molar-refractivity contribution in [3.8, 4) is 0 Å². The monoisotopic (exact) mass is 720 g/mol. The van der Waals surface area contributed by atoms with E-state index in [9.17, 15) is 23.9 Å². The lowest BCUT2D eigenvalue weighted by molar-refractivity contribution is -0.0884. The fourth-order valence-electron chi connectivity index (χ4n) is 6.15. The topological polar surface area (TPSA) is 289 Å². The van der Waals surface area contributed by atoms with Gasteiger partial charge in [-0.1, -0.05) is 12.2 Å². The number of imidazole rings is 2. The molecule has 246 valence electrons. The van der Waals surface area contributed by atoms with Crippen LogP contribution in [0.1, 0.15) is 12.6 Å². The largest absolute Gasteiger partial charge is 0.472 e. The minimum absolute atomic E-state index is 0.0428. The molecule has 25 heteroatoms. The molecule has 0 spiro atoms. The van der Waals surface area contributed by atoms with Crippen LogP contribution in [-0.4, -0.2) is 92.8 Å². The summed E-state index contributed by atoms with van der Waals surface area (Å²) in [5, 5.41) is 11.0. The van der Waals surface area contributed by atoms with Crippen LogP contribution in [0.5, 0.6) is 0 Å². The number of H-pyrrole nitrogens is 1. The quantitative estimate of drug-likeness (QED) is 0.0906. The Hall–Kier alpha value is -2.72. The van der Waals surface area contributed by atoms with E-state index < -0.39 is 81.8 Å². The maximum Gasteiger partial charge on any atom is 0.472 e. The number of nitrogen functional groups attached to an aromatic ring is 2. The first-order valence-corrected chi connectivity index (χ1v) is 18.0. The Labute approximate surface area is 265 Å². The molecule has 4 fully saturated rings. The van der Waals surface area contributed by atoms with E-state index in [4.69, 9.17) is 50.6 Å². The van der Waals surface area contributed by atoms with Crippen LogP contribution >= 0.6 is 38.5 Å². The van der Waals surface area contributed by atoms with E-state index in [0.29, 0.717) is 6.42 Å². The number of phosphoric acid groups is 1. The third-order valence-corrected chi connectivity index (χ3v) is 11.0. The highest BCUT2D eigenvalue weighted by atomic mass is 35.5. The van der Waals surface area contributed by atoms with Crippen LogP contribution in [0, 0.1) is 5.92 Å². The predicted molar refractivity (Wildman–Crippen MR) is 156 cm³/mol. The number of aromatic nitrogens is 8. The summed E-state index contributed by atoms with van der Waals surface area (Å²) in [5.41, 5.74) is 10.2. The van der Waals surface area contributed by atoms with Crippen molar-refractivity contribution in [3.63, 3.8) is 0 Å². The fraction of sp³-hybridized carbons (Fsp3) is 0.524. The fourth-order valence-corrected chi connectivity index (χ4v) is 8.77. The van der Waals surface area contributed by atoms with E-state index in [-0.39, 0.29) is 39.4 Å². The van der Waals surface area contributed by atoms with Gasteiger partial charge in [0.05, 0.1) is 25.9 Å². The Morgan fingerprint density at radius 3 is 2.61 bits per heavy atom. The number of ether oxygens (including phenoxy) is 2. The zero-order valence-electron chi connectivity index (χ0n) is 22.9. The van der Waals surface area contributed by atoms with E-state index in [1.807, 2.05) is 0 Å². The molecule has 1 saturated carbocycles. The smallest absolute Gasteiger partial charge is 0.387 e. The molecule has 4 aromatic rings. The number of halogens is 1. The van der Waals surface area contributed by atoms with Crippen LogP contribution in [0.4, 0.5) is 11.8 Å². The van der Waals surface area contributed by atoms with Crippen molar-refractivity contribution >= 4 is 72.6 Å². The molecule has 2 bridgehead atoms. The number of thiol groups is 1. The van der Waals surface area contributed by atoms with Gasteiger partial charge in [0.1, 0.15) is 36.0 Å². The summed E-state index contributed by atoms with van der Waals surface area (Å²) in [6.07, 6.45) is -5.21. The zero-order chi connectivity index (χ0) is 32.3. The summed E-state index contributed by atoms with van der Waals surface area (Å²) in [4.78, 5) is 45.9. The van der Waals surface area contributed by atoms with Crippen molar-refractivity contribution in [2.24, 2.45) is 5.92 Å². The Bertz CT molecular complexity index is 2070. The van der Waals surface area contributed by atoms with E-state index >= 15 is 0 Å². The molecule has 3 aliphatic heterocycles. The van der Waals surface area contributed by atoms with Gasteiger partial charge in [-0.2, -0.15) is 15.0 Å². The highest BCUT2D eigenvalue weighted by Gasteiger charge is 2.71. The van der Waals surface area contributed by atoms with E-state index in [1.54, 1.807) is 4.57 Å². The maximum absolute atomic E-state index is 13.5. The molecular formula is C21H23ClN10O11P2S. The number of anilines is 2. The van der Waals surface area contributed by atoms with Gasteiger partial charge in [0.2, 0.25) is 11.2 Å². The molecule has 3 saturated heterocycles. The average molecular weight is 721 g/mol. The summed E-state index contributed by atoms with van der Waals surface area (Å²) in [5.74, 6) is -0.700. The number of hydrogen-bond acceptors (Lipinski definition) is 17. The van der Waals surface area contributed by atoms with Crippen molar-refractivity contribution in [1.82, 2.24) is 39.0 Å². The van der Waals surface area contributed by atoms with Gasteiger partial charge < -0.3 is 30.9 Å². The molecule has 46 heavy (non-hydrogen) atoms. The molecule has 8 rings (SSSR count). The second-order valence-corrected chi connectivity index (χ2v) is 15.6. The number of fused-ring (bicyclic) bond motifs is 7. The average Bonchev–Trinajstić information content (AvgIpc) is 3.31. The SMILES string of the molecule is Nc1nc2c(ncn2[C@@H]2O[C@@H]3CO[P@@](=O)(S)OC4C5C[C@]5(n5cnc6c(N)nc(Cl)nc65)O[C@@H]4COP(=O)(O)OC2C3O)c(=O)[nH]1. The van der Waals surface area contributed by atoms with Crippen molar-refractivity contribution in [2.45, 2.75) is 48.9 Å². The molecule has 0 radical (unpaired) electrons. The number of nitrogens with two attached hydrogens (primary N) is 2. The molecule has 0 amide bonds. The molecular weight excluding hydrogens is 698 g/mol. The van der Waals surface area contributed by atoms with Gasteiger partial charge in [0.25, 0.3) is 5.56 Å². The van der Waals surface area contributed by atoms with Crippen LogP contribution in [0.15, 0.2) is 17.4 Å². The Morgan fingerprint density at radius 2 is 1.80 bits per heavy atom. The number of aliphatic hydroxyl groups excluding tert-OH is 1. The number of hydrogen-bond donors (Lipinski definition) is 6. The number of aliphatic hydroxyl groups is 1. The first kappa shape index (κ1) is 30.6. The zero-order valence-corrected chi connectivity index (χ0v) is 26.3. The van der Waals surface area contributed by atoms with Crippen LogP contribution < -0.4 is 17.0 Å². The van der Waals surface area contributed by atoms with Crippen LogP contribution in [0.3, 0.4) is 0 Å². The number of aromatic amines is 1. The third kappa shape index (κ3) is 4.87. The molecule has 1 aliphatic carbocycles. The molecule has 0 aromatic carbocycles. The molecule has 5 unspecified atom stereocenters. The van der Waals surface area contributed by atoms with Crippen molar-refractivity contribution in [1.29, 1.82) is 0 Å². The summed E-state index contributed by atoms with van der Waals surface area (Å²) >= 11 is 10.2. The first-order valence-electron chi connectivity index (χ1n) is 13.5. The summed E-state index contributed by atoms with van der Waals surface area (Å²) in [7, 11) is -5.00. The molecule has 21 nitrogen and oxygen atoms in total. The van der Waals surface area contributed by atoms with Crippen molar-refractivity contribution in [2.75, 3.05) is 24.7 Å². The molecule has 4 aromatic heterocycles. The van der Waals surface area contributed by atoms with Gasteiger partial charge >= 0.3 is 14.6 Å². The molecule has 4 aliphatic rings. The van der Waals surface area contributed by atoms with Gasteiger partial charge in [0.15, 0.2) is 34.6 Å². The van der Waals surface area contributed by atoms with Gasteiger partial charge in [-0.25, -0.2) is 19.1 Å². The van der Waals surface area contributed by atoms with Crippen LogP contribution in [0.25, 0.3) is 22.3 Å². The van der Waals surface area contributed by atoms with Crippen LogP contribution in [-0.2, 0) is 42.4 Å². The Morgan fingerprint density at radius 1 is 1.04 bits per heavy atom. The van der Waals surface area contributed by atoms with E-state index in [1.165, 1.54) is 10.9 Å². The lowest BCUT2D eigenvalue weighted by Gasteiger charge is -2.27. The minimum atomic E-state index is -5.00. The standard InChI is InChI=1S/C21H23ClN10O11P2S/c22-19-27-14(23)9-16(28-19)32(5-26-9)21-1-6(21)12-8(41-21)3-38-44(35,36)42-13-11(33)7(2-39-45(37,46)43-12)40-18(13)31-4-25-10-15(31)29-20(24)30-17(10)34/h4-8,11-13,18,33H,1-3H2,(H,35,36)(H,37,46)(H2,23,27,28)(H3,24,29,30,34)/t6?,7-,8-,11?,12?,13?,18-,21+,45-/m1/s1. The second-order valence-electron chi connectivity index (χ2n) is 11.0. The normalized spacial score (nSPS) is 39.4. The van der Waals surface area contributed by atoms with Crippen molar-refractivity contribution in [3.05, 3.63) is 28.3 Å². The van der Waals surface area contributed by atoms with Gasteiger partial charge in [0, 0.05) is 12.3 Å².